The summed E-state index contributed by atoms with van der Waals surface area (Å²) in [5.74, 6) is 0.781. The molecule has 1 aromatic carbocycles. The zero-order chi connectivity index (χ0) is 14.5. The van der Waals surface area contributed by atoms with Crippen LogP contribution in [0.1, 0.15) is 30.1 Å². The minimum Gasteiger partial charge on any atom is -0.339 e. The minimum absolute atomic E-state index is 0.0930. The number of rotatable bonds is 4. The summed E-state index contributed by atoms with van der Waals surface area (Å²) in [6, 6.07) is 5.32. The van der Waals surface area contributed by atoms with Crippen LogP contribution in [0.2, 0.25) is 5.02 Å². The summed E-state index contributed by atoms with van der Waals surface area (Å²) in [6.45, 7) is 5.87. The molecule has 3 nitrogen and oxygen atoms in total. The molecule has 0 atom stereocenters. The molecular formula is C15H20BrClN2O. The molecule has 0 aliphatic carbocycles. The Morgan fingerprint density at radius 1 is 1.45 bits per heavy atom. The number of amides is 1. The number of piperidine rings is 1. The van der Waals surface area contributed by atoms with Crippen LogP contribution >= 0.6 is 27.5 Å². The van der Waals surface area contributed by atoms with Gasteiger partial charge in [-0.25, -0.2) is 0 Å². The molecule has 1 heterocycles. The fraction of sp³-hybridized carbons (Fsp3) is 0.533. The summed E-state index contributed by atoms with van der Waals surface area (Å²) in [6.07, 6.45) is 2.15. The van der Waals surface area contributed by atoms with E-state index in [0.717, 1.165) is 43.5 Å². The van der Waals surface area contributed by atoms with Crippen molar-refractivity contribution in [1.29, 1.82) is 0 Å². The first-order valence-electron chi connectivity index (χ1n) is 7.07. The van der Waals surface area contributed by atoms with Crippen molar-refractivity contribution in [3.05, 3.63) is 33.3 Å². The van der Waals surface area contributed by atoms with Crippen molar-refractivity contribution < 1.29 is 4.79 Å². The lowest BCUT2D eigenvalue weighted by Crippen LogP contribution is -2.40. The molecule has 0 spiro atoms. The Morgan fingerprint density at radius 3 is 2.75 bits per heavy atom. The topological polar surface area (TPSA) is 32.3 Å². The van der Waals surface area contributed by atoms with E-state index in [4.69, 9.17) is 11.6 Å². The summed E-state index contributed by atoms with van der Waals surface area (Å²) in [5.41, 5.74) is 0.694. The van der Waals surface area contributed by atoms with Gasteiger partial charge in [0.25, 0.3) is 5.91 Å². The SMILES string of the molecule is CCNCC1CCN(C(=O)c2ccc(Cl)cc2Br)CC1. The summed E-state index contributed by atoms with van der Waals surface area (Å²) in [5, 5.41) is 4.02. The highest BCUT2D eigenvalue weighted by Crippen LogP contribution is 2.25. The average Bonchev–Trinajstić information content (AvgIpc) is 2.45. The number of halogens is 2. The van der Waals surface area contributed by atoms with Gasteiger partial charge >= 0.3 is 0 Å². The van der Waals surface area contributed by atoms with Crippen molar-refractivity contribution in [3.63, 3.8) is 0 Å². The van der Waals surface area contributed by atoms with Gasteiger partial charge in [0, 0.05) is 22.6 Å². The van der Waals surface area contributed by atoms with E-state index in [1.807, 2.05) is 4.90 Å². The first-order chi connectivity index (χ1) is 9.61. The van der Waals surface area contributed by atoms with Crippen LogP contribution < -0.4 is 5.32 Å². The molecule has 1 amide bonds. The van der Waals surface area contributed by atoms with Crippen molar-refractivity contribution in [2.24, 2.45) is 5.92 Å². The second kappa shape index (κ2) is 7.43. The molecule has 1 saturated heterocycles. The van der Waals surface area contributed by atoms with E-state index in [1.165, 1.54) is 0 Å². The number of likely N-dealkylation sites (tertiary alicyclic amines) is 1. The largest absolute Gasteiger partial charge is 0.339 e. The van der Waals surface area contributed by atoms with Gasteiger partial charge in [-0.1, -0.05) is 18.5 Å². The zero-order valence-electron chi connectivity index (χ0n) is 11.7. The lowest BCUT2D eigenvalue weighted by molar-refractivity contribution is 0.0689. The highest BCUT2D eigenvalue weighted by molar-refractivity contribution is 9.10. The van der Waals surface area contributed by atoms with Crippen LogP contribution in [0.3, 0.4) is 0 Å². The highest BCUT2D eigenvalue weighted by atomic mass is 79.9. The molecule has 0 bridgehead atoms. The molecule has 1 N–H and O–H groups in total. The van der Waals surface area contributed by atoms with Crippen LogP contribution in [0.5, 0.6) is 0 Å². The fourth-order valence-electron chi connectivity index (χ4n) is 2.52. The van der Waals surface area contributed by atoms with E-state index in [2.05, 4.69) is 28.2 Å². The lowest BCUT2D eigenvalue weighted by atomic mass is 9.96. The summed E-state index contributed by atoms with van der Waals surface area (Å²) >= 11 is 9.33. The Hall–Kier alpha value is -0.580. The van der Waals surface area contributed by atoms with Crippen LogP contribution in [0, 0.1) is 5.92 Å². The van der Waals surface area contributed by atoms with E-state index in [-0.39, 0.29) is 5.91 Å². The standard InChI is InChI=1S/C15H20BrClN2O/c1-2-18-10-11-5-7-19(8-6-11)15(20)13-4-3-12(17)9-14(13)16/h3-4,9,11,18H,2,5-8,10H2,1H3. The average molecular weight is 360 g/mol. The van der Waals surface area contributed by atoms with E-state index < -0.39 is 0 Å². The zero-order valence-corrected chi connectivity index (χ0v) is 14.0. The van der Waals surface area contributed by atoms with Crippen LogP contribution in [0.25, 0.3) is 0 Å². The maximum Gasteiger partial charge on any atom is 0.254 e. The molecule has 110 valence electrons. The number of hydrogen-bond donors (Lipinski definition) is 1. The molecule has 0 saturated carbocycles. The van der Waals surface area contributed by atoms with Gasteiger partial charge in [0.1, 0.15) is 0 Å². The summed E-state index contributed by atoms with van der Waals surface area (Å²) in [7, 11) is 0. The third kappa shape index (κ3) is 3.96. The predicted molar refractivity (Wildman–Crippen MR) is 86.3 cm³/mol. The van der Waals surface area contributed by atoms with Gasteiger partial charge in [-0.2, -0.15) is 0 Å². The van der Waals surface area contributed by atoms with E-state index >= 15 is 0 Å². The van der Waals surface area contributed by atoms with Crippen LogP contribution in [0.15, 0.2) is 22.7 Å². The van der Waals surface area contributed by atoms with Gasteiger partial charge in [-0.05, 0) is 66.0 Å². The molecular weight excluding hydrogens is 340 g/mol. The van der Waals surface area contributed by atoms with Gasteiger partial charge in [-0.3, -0.25) is 4.79 Å². The molecule has 1 fully saturated rings. The van der Waals surface area contributed by atoms with Gasteiger partial charge in [0.15, 0.2) is 0 Å². The quantitative estimate of drug-likeness (QED) is 0.891. The van der Waals surface area contributed by atoms with Crippen molar-refractivity contribution in [3.8, 4) is 0 Å². The molecule has 5 heteroatoms. The Morgan fingerprint density at radius 2 is 2.15 bits per heavy atom. The number of carbonyl (C=O) groups excluding carboxylic acids is 1. The third-order valence-corrected chi connectivity index (χ3v) is 4.64. The summed E-state index contributed by atoms with van der Waals surface area (Å²) in [4.78, 5) is 14.4. The van der Waals surface area contributed by atoms with Gasteiger partial charge in [0.2, 0.25) is 0 Å². The van der Waals surface area contributed by atoms with Crippen molar-refractivity contribution in [2.75, 3.05) is 26.2 Å². The van der Waals surface area contributed by atoms with Crippen LogP contribution in [0.4, 0.5) is 0 Å². The molecule has 1 aliphatic rings. The van der Waals surface area contributed by atoms with Gasteiger partial charge in [0.05, 0.1) is 5.56 Å². The van der Waals surface area contributed by atoms with E-state index in [0.29, 0.717) is 16.5 Å². The molecule has 1 aliphatic heterocycles. The van der Waals surface area contributed by atoms with E-state index in [9.17, 15) is 4.79 Å². The first kappa shape index (κ1) is 15.8. The minimum atomic E-state index is 0.0930. The first-order valence-corrected chi connectivity index (χ1v) is 8.24. The van der Waals surface area contributed by atoms with Crippen molar-refractivity contribution >= 4 is 33.4 Å². The monoisotopic (exact) mass is 358 g/mol. The Bertz CT molecular complexity index is 473. The number of benzene rings is 1. The maximum absolute atomic E-state index is 12.5. The van der Waals surface area contributed by atoms with E-state index in [1.54, 1.807) is 18.2 Å². The van der Waals surface area contributed by atoms with Crippen molar-refractivity contribution in [1.82, 2.24) is 10.2 Å². The maximum atomic E-state index is 12.5. The second-order valence-corrected chi connectivity index (χ2v) is 6.46. The smallest absolute Gasteiger partial charge is 0.254 e. The number of hydrogen-bond acceptors (Lipinski definition) is 2. The second-order valence-electron chi connectivity index (χ2n) is 5.17. The Kier molecular flexibility index (Phi) is 5.87. The van der Waals surface area contributed by atoms with Crippen molar-refractivity contribution in [2.45, 2.75) is 19.8 Å². The Balaban J connectivity index is 1.94. The molecule has 2 rings (SSSR count). The molecule has 20 heavy (non-hydrogen) atoms. The fourth-order valence-corrected chi connectivity index (χ4v) is 3.37. The lowest BCUT2D eigenvalue weighted by Gasteiger charge is -2.32. The molecule has 0 radical (unpaired) electrons. The normalized spacial score (nSPS) is 16.4. The van der Waals surface area contributed by atoms with Gasteiger partial charge < -0.3 is 10.2 Å². The number of carbonyl (C=O) groups is 1. The molecule has 0 unspecified atom stereocenters. The van der Waals surface area contributed by atoms with Crippen LogP contribution in [-0.4, -0.2) is 37.0 Å². The molecule has 0 aromatic heterocycles. The summed E-state index contributed by atoms with van der Waals surface area (Å²) < 4.78 is 0.768. The number of nitrogens with one attached hydrogen (secondary N) is 1. The van der Waals surface area contributed by atoms with Crippen LogP contribution in [-0.2, 0) is 0 Å². The third-order valence-electron chi connectivity index (χ3n) is 3.75. The Labute approximate surface area is 133 Å². The predicted octanol–water partition coefficient (Wildman–Crippen LogP) is 3.56. The molecule has 1 aromatic rings. The highest BCUT2D eigenvalue weighted by Gasteiger charge is 2.24. The van der Waals surface area contributed by atoms with Gasteiger partial charge in [-0.15, -0.1) is 0 Å². The number of nitrogens with zero attached hydrogens (tertiary/aromatic N) is 1.